The van der Waals surface area contributed by atoms with Crippen molar-refractivity contribution in [1.29, 1.82) is 0 Å². The van der Waals surface area contributed by atoms with E-state index in [1.54, 1.807) is 6.92 Å². The molecule has 7 heteroatoms. The van der Waals surface area contributed by atoms with E-state index >= 15 is 0 Å². The van der Waals surface area contributed by atoms with Gasteiger partial charge in [0, 0.05) is 38.6 Å². The summed E-state index contributed by atoms with van der Waals surface area (Å²) in [7, 11) is 3.76. The second kappa shape index (κ2) is 10.5. The van der Waals surface area contributed by atoms with Gasteiger partial charge in [-0.3, -0.25) is 4.79 Å². The average Bonchev–Trinajstić information content (AvgIpc) is 2.49. The van der Waals surface area contributed by atoms with Crippen LogP contribution < -0.4 is 22.1 Å². The molecule has 0 saturated heterocycles. The lowest BCUT2D eigenvalue weighted by atomic mass is 10.2. The highest BCUT2D eigenvalue weighted by atomic mass is 19.1. The number of hydrogen-bond acceptors (Lipinski definition) is 5. The molecule has 1 amide bonds. The Morgan fingerprint density at radius 2 is 2.14 bits per heavy atom. The zero-order chi connectivity index (χ0) is 16.3. The van der Waals surface area contributed by atoms with Crippen LogP contribution >= 0.6 is 0 Å². The Labute approximate surface area is 125 Å². The summed E-state index contributed by atoms with van der Waals surface area (Å²) in [6.07, 6.45) is 4.09. The predicted molar refractivity (Wildman–Crippen MR) is 84.8 cm³/mol. The van der Waals surface area contributed by atoms with Crippen LogP contribution in [-0.2, 0) is 4.79 Å². The fourth-order valence-electron chi connectivity index (χ4n) is 1.13. The first-order valence-electron chi connectivity index (χ1n) is 6.53. The molecule has 0 heterocycles. The molecular weight excluding hydrogens is 273 g/mol. The van der Waals surface area contributed by atoms with Gasteiger partial charge in [-0.15, -0.1) is 0 Å². The number of nitrogens with one attached hydrogen (secondary N) is 2. The lowest BCUT2D eigenvalue weighted by Crippen LogP contribution is -2.20. The van der Waals surface area contributed by atoms with Crippen molar-refractivity contribution in [2.75, 3.05) is 31.8 Å². The van der Waals surface area contributed by atoms with E-state index in [4.69, 9.17) is 11.5 Å². The topological polar surface area (TPSA) is 96.4 Å². The van der Waals surface area contributed by atoms with Crippen molar-refractivity contribution in [2.45, 2.75) is 13.3 Å². The van der Waals surface area contributed by atoms with E-state index in [0.717, 1.165) is 0 Å². The van der Waals surface area contributed by atoms with Crippen LogP contribution in [0.15, 0.2) is 30.6 Å². The Hall–Kier alpha value is -2.28. The number of nitrogens with two attached hydrogens (primary N) is 2. The molecule has 0 unspecified atom stereocenters. The van der Waals surface area contributed by atoms with E-state index in [2.05, 4.69) is 10.6 Å². The molecular formula is C14H24FN5O. The number of nitrogens with zero attached hydrogens (tertiary/aromatic N) is 1. The Kier molecular flexibility index (Phi) is 9.36. The highest BCUT2D eigenvalue weighted by molar-refractivity contribution is 5.90. The van der Waals surface area contributed by atoms with Crippen molar-refractivity contribution in [1.82, 2.24) is 10.2 Å². The summed E-state index contributed by atoms with van der Waals surface area (Å²) in [6, 6.07) is 4.09. The summed E-state index contributed by atoms with van der Waals surface area (Å²) in [6.45, 7) is 2.29. The number of benzene rings is 1. The van der Waals surface area contributed by atoms with Crippen LogP contribution in [0.4, 0.5) is 15.8 Å². The minimum Gasteiger partial charge on any atom is -0.396 e. The third-order valence-corrected chi connectivity index (χ3v) is 2.38. The molecule has 0 radical (unpaired) electrons. The second-order valence-electron chi connectivity index (χ2n) is 4.18. The third kappa shape index (κ3) is 8.48. The summed E-state index contributed by atoms with van der Waals surface area (Å²) >= 11 is 0. The van der Waals surface area contributed by atoms with E-state index in [-0.39, 0.29) is 11.6 Å². The zero-order valence-electron chi connectivity index (χ0n) is 12.7. The lowest BCUT2D eigenvalue weighted by Gasteiger charge is -2.07. The number of anilines is 2. The van der Waals surface area contributed by atoms with Crippen LogP contribution in [0.1, 0.15) is 13.3 Å². The van der Waals surface area contributed by atoms with Gasteiger partial charge in [0.25, 0.3) is 0 Å². The summed E-state index contributed by atoms with van der Waals surface area (Å²) in [5.74, 6) is -0.597. The molecule has 0 aliphatic heterocycles. The first-order chi connectivity index (χ1) is 9.94. The second-order valence-corrected chi connectivity index (χ2v) is 4.18. The highest BCUT2D eigenvalue weighted by Gasteiger charge is 2.01. The van der Waals surface area contributed by atoms with Gasteiger partial charge in [0.15, 0.2) is 0 Å². The maximum absolute atomic E-state index is 12.7. The summed E-state index contributed by atoms with van der Waals surface area (Å²) in [4.78, 5) is 12.8. The monoisotopic (exact) mass is 297 g/mol. The molecule has 6 N–H and O–H groups in total. The molecule has 0 atom stereocenters. The van der Waals surface area contributed by atoms with E-state index in [1.165, 1.54) is 18.2 Å². The highest BCUT2D eigenvalue weighted by Crippen LogP contribution is 2.16. The predicted octanol–water partition coefficient (Wildman–Crippen LogP) is 1.28. The number of carbonyl (C=O) groups excluding carboxylic acids is 1. The number of hydrogen-bond donors (Lipinski definition) is 4. The smallest absolute Gasteiger partial charge is 0.224 e. The van der Waals surface area contributed by atoms with Gasteiger partial charge in [-0.1, -0.05) is 6.92 Å². The van der Waals surface area contributed by atoms with Crippen molar-refractivity contribution in [2.24, 2.45) is 5.73 Å². The van der Waals surface area contributed by atoms with Crippen molar-refractivity contribution in [3.8, 4) is 0 Å². The summed E-state index contributed by atoms with van der Waals surface area (Å²) < 4.78 is 12.7. The van der Waals surface area contributed by atoms with Gasteiger partial charge in [0.2, 0.25) is 5.91 Å². The normalized spacial score (nSPS) is 9.76. The number of amides is 1. The van der Waals surface area contributed by atoms with Crippen LogP contribution in [-0.4, -0.2) is 31.6 Å². The van der Waals surface area contributed by atoms with Crippen LogP contribution in [0, 0.1) is 5.82 Å². The Bertz CT molecular complexity index is 465. The fraction of sp³-hybridized carbons (Fsp3) is 0.357. The van der Waals surface area contributed by atoms with E-state index < -0.39 is 5.82 Å². The molecule has 118 valence electrons. The van der Waals surface area contributed by atoms with Crippen LogP contribution in [0.3, 0.4) is 0 Å². The molecule has 6 nitrogen and oxygen atoms in total. The molecule has 1 rings (SSSR count). The number of nitrogen functional groups attached to an aromatic ring is 1. The van der Waals surface area contributed by atoms with Crippen molar-refractivity contribution < 1.29 is 9.18 Å². The molecule has 0 bridgehead atoms. The standard InChI is InChI=1S/C9H11FN2O.C5H13N3/c1-2-9(13)12-6-3-4-7(10)8(11)5-6;1-7-3-4-8(2)5-6/h3-5H,2,11H2,1H3,(H,12,13);3-4,7H,5-6H2,1-2H3/b;4-3-. The first-order valence-corrected chi connectivity index (χ1v) is 6.53. The summed E-state index contributed by atoms with van der Waals surface area (Å²) in [5.41, 5.74) is 11.1. The first kappa shape index (κ1) is 18.7. The van der Waals surface area contributed by atoms with Crippen molar-refractivity contribution in [3.05, 3.63) is 36.4 Å². The molecule has 0 saturated carbocycles. The Balaban J connectivity index is 0.000000433. The summed E-state index contributed by atoms with van der Waals surface area (Å²) in [5, 5.41) is 5.43. The molecule has 0 aliphatic carbocycles. The number of halogens is 1. The van der Waals surface area contributed by atoms with Crippen molar-refractivity contribution >= 4 is 17.3 Å². The molecule has 0 aromatic heterocycles. The maximum Gasteiger partial charge on any atom is 0.224 e. The lowest BCUT2D eigenvalue weighted by molar-refractivity contribution is -0.115. The van der Waals surface area contributed by atoms with E-state index in [9.17, 15) is 9.18 Å². The Morgan fingerprint density at radius 1 is 1.48 bits per heavy atom. The van der Waals surface area contributed by atoms with Crippen LogP contribution in [0.2, 0.25) is 0 Å². The van der Waals surface area contributed by atoms with E-state index in [0.29, 0.717) is 18.8 Å². The molecule has 0 aliphatic rings. The van der Waals surface area contributed by atoms with Gasteiger partial charge >= 0.3 is 0 Å². The number of rotatable bonds is 5. The van der Waals surface area contributed by atoms with Crippen molar-refractivity contribution in [3.63, 3.8) is 0 Å². The third-order valence-electron chi connectivity index (χ3n) is 2.38. The van der Waals surface area contributed by atoms with Gasteiger partial charge in [0.1, 0.15) is 5.82 Å². The molecule has 0 fully saturated rings. The maximum atomic E-state index is 12.7. The van der Waals surface area contributed by atoms with Crippen LogP contribution in [0.5, 0.6) is 0 Å². The Morgan fingerprint density at radius 3 is 2.62 bits per heavy atom. The molecule has 0 spiro atoms. The molecule has 21 heavy (non-hydrogen) atoms. The molecule has 1 aromatic rings. The fourth-order valence-corrected chi connectivity index (χ4v) is 1.13. The van der Waals surface area contributed by atoms with E-state index in [1.807, 2.05) is 31.4 Å². The zero-order valence-corrected chi connectivity index (χ0v) is 12.7. The van der Waals surface area contributed by atoms with Crippen LogP contribution in [0.25, 0.3) is 0 Å². The minimum atomic E-state index is -0.477. The molecule has 1 aromatic carbocycles. The minimum absolute atomic E-state index is 0.0360. The quantitative estimate of drug-likeness (QED) is 0.485. The average molecular weight is 297 g/mol. The SMILES string of the molecule is CCC(=O)Nc1ccc(F)c(N)c1.CN/C=C\N(C)CN. The van der Waals surface area contributed by atoms with Gasteiger partial charge in [-0.05, 0) is 18.2 Å². The van der Waals surface area contributed by atoms with Gasteiger partial charge < -0.3 is 27.0 Å². The van der Waals surface area contributed by atoms with Gasteiger partial charge in [0.05, 0.1) is 12.4 Å². The number of carbonyl (C=O) groups is 1. The largest absolute Gasteiger partial charge is 0.396 e. The van der Waals surface area contributed by atoms with Gasteiger partial charge in [-0.25, -0.2) is 4.39 Å². The van der Waals surface area contributed by atoms with Gasteiger partial charge in [-0.2, -0.15) is 0 Å².